The van der Waals surface area contributed by atoms with Crippen LogP contribution in [0.25, 0.3) is 0 Å². The maximum Gasteiger partial charge on any atom is 0.0417 e. The van der Waals surface area contributed by atoms with Crippen molar-refractivity contribution in [2.24, 2.45) is 0 Å². The number of hydrogen-bond acceptors (Lipinski definition) is 2. The molecule has 0 aliphatic heterocycles. The van der Waals surface area contributed by atoms with E-state index in [2.05, 4.69) is 52.1 Å². The second-order valence-corrected chi connectivity index (χ2v) is 7.81. The fourth-order valence-corrected chi connectivity index (χ4v) is 2.77. The lowest BCUT2D eigenvalue weighted by atomic mass is 10.2. The van der Waals surface area contributed by atoms with Crippen molar-refractivity contribution in [3.8, 4) is 0 Å². The topological polar surface area (TPSA) is 12.0 Å². The Balaban J connectivity index is 2.88. The number of halogens is 1. The van der Waals surface area contributed by atoms with Gasteiger partial charge in [0.1, 0.15) is 0 Å². The first kappa shape index (κ1) is 14.9. The van der Waals surface area contributed by atoms with Crippen LogP contribution in [-0.2, 0) is 6.54 Å². The van der Waals surface area contributed by atoms with Crippen LogP contribution in [0.15, 0.2) is 23.1 Å². The van der Waals surface area contributed by atoms with Gasteiger partial charge in [0.2, 0.25) is 0 Å². The van der Waals surface area contributed by atoms with Gasteiger partial charge in [-0.15, -0.1) is 11.8 Å². The van der Waals surface area contributed by atoms with Crippen molar-refractivity contribution in [1.82, 2.24) is 5.32 Å². The predicted octanol–water partition coefficient (Wildman–Crippen LogP) is 4.73. The van der Waals surface area contributed by atoms with Crippen molar-refractivity contribution in [1.29, 1.82) is 0 Å². The Kier molecular flexibility index (Phi) is 5.36. The first-order valence-corrected chi connectivity index (χ1v) is 7.18. The highest BCUT2D eigenvalue weighted by molar-refractivity contribution is 8.00. The minimum atomic E-state index is 0.206. The van der Waals surface area contributed by atoms with Gasteiger partial charge in [0, 0.05) is 27.3 Å². The van der Waals surface area contributed by atoms with Crippen LogP contribution in [0.1, 0.15) is 40.2 Å². The molecule has 1 nitrogen and oxygen atoms in total. The van der Waals surface area contributed by atoms with Crippen LogP contribution in [0.2, 0.25) is 5.02 Å². The second-order valence-electron chi connectivity index (χ2n) is 5.50. The standard InChI is InChI=1S/C14H22ClNS/c1-10(2)16-9-11-6-7-12(15)8-13(11)17-14(3,4)5/h6-8,10,16H,9H2,1-5H3. The molecule has 1 rings (SSSR count). The molecule has 1 aromatic rings. The molecule has 17 heavy (non-hydrogen) atoms. The summed E-state index contributed by atoms with van der Waals surface area (Å²) in [4.78, 5) is 1.28. The maximum atomic E-state index is 6.07. The molecule has 0 aliphatic rings. The third-order valence-corrected chi connectivity index (χ3v) is 3.59. The quantitative estimate of drug-likeness (QED) is 0.795. The van der Waals surface area contributed by atoms with Crippen molar-refractivity contribution in [3.63, 3.8) is 0 Å². The second kappa shape index (κ2) is 6.12. The van der Waals surface area contributed by atoms with Crippen molar-refractivity contribution < 1.29 is 0 Å². The number of benzene rings is 1. The maximum absolute atomic E-state index is 6.07. The third kappa shape index (κ3) is 5.80. The Bertz CT molecular complexity index is 369. The predicted molar refractivity (Wildman–Crippen MR) is 79.0 cm³/mol. The SMILES string of the molecule is CC(C)NCc1ccc(Cl)cc1SC(C)(C)C. The average Bonchev–Trinajstić information content (AvgIpc) is 2.13. The molecular weight excluding hydrogens is 250 g/mol. The summed E-state index contributed by atoms with van der Waals surface area (Å²) in [6.07, 6.45) is 0. The minimum Gasteiger partial charge on any atom is -0.310 e. The normalized spacial score (nSPS) is 12.2. The van der Waals surface area contributed by atoms with Gasteiger partial charge in [0.05, 0.1) is 0 Å². The van der Waals surface area contributed by atoms with Gasteiger partial charge in [-0.25, -0.2) is 0 Å². The number of rotatable bonds is 4. The van der Waals surface area contributed by atoms with Crippen LogP contribution in [0, 0.1) is 0 Å². The number of thioether (sulfide) groups is 1. The van der Waals surface area contributed by atoms with E-state index in [9.17, 15) is 0 Å². The monoisotopic (exact) mass is 271 g/mol. The van der Waals surface area contributed by atoms with E-state index in [0.29, 0.717) is 6.04 Å². The summed E-state index contributed by atoms with van der Waals surface area (Å²) in [5.74, 6) is 0. The third-order valence-electron chi connectivity index (χ3n) is 2.15. The lowest BCUT2D eigenvalue weighted by Gasteiger charge is -2.20. The van der Waals surface area contributed by atoms with E-state index in [1.165, 1.54) is 10.5 Å². The molecule has 1 N–H and O–H groups in total. The zero-order valence-corrected chi connectivity index (χ0v) is 12.9. The van der Waals surface area contributed by atoms with Crippen LogP contribution >= 0.6 is 23.4 Å². The molecule has 0 heterocycles. The van der Waals surface area contributed by atoms with Gasteiger partial charge < -0.3 is 5.32 Å². The van der Waals surface area contributed by atoms with E-state index in [-0.39, 0.29) is 4.75 Å². The Morgan fingerprint density at radius 2 is 1.94 bits per heavy atom. The van der Waals surface area contributed by atoms with E-state index in [0.717, 1.165) is 11.6 Å². The van der Waals surface area contributed by atoms with Crippen LogP contribution in [-0.4, -0.2) is 10.8 Å². The van der Waals surface area contributed by atoms with Crippen molar-refractivity contribution in [3.05, 3.63) is 28.8 Å². The lowest BCUT2D eigenvalue weighted by Crippen LogP contribution is -2.22. The van der Waals surface area contributed by atoms with Gasteiger partial charge >= 0.3 is 0 Å². The highest BCUT2D eigenvalue weighted by atomic mass is 35.5. The molecule has 0 spiro atoms. The number of nitrogens with one attached hydrogen (secondary N) is 1. The average molecular weight is 272 g/mol. The molecule has 0 aromatic heterocycles. The molecule has 0 fully saturated rings. The fourth-order valence-electron chi connectivity index (χ4n) is 1.41. The zero-order chi connectivity index (χ0) is 13.1. The van der Waals surface area contributed by atoms with Gasteiger partial charge in [-0.3, -0.25) is 0 Å². The first-order chi connectivity index (χ1) is 7.78. The van der Waals surface area contributed by atoms with Crippen LogP contribution in [0.4, 0.5) is 0 Å². The molecule has 0 saturated carbocycles. The van der Waals surface area contributed by atoms with Crippen LogP contribution in [0.3, 0.4) is 0 Å². The summed E-state index contributed by atoms with van der Waals surface area (Å²) in [7, 11) is 0. The molecule has 0 amide bonds. The first-order valence-electron chi connectivity index (χ1n) is 5.99. The van der Waals surface area contributed by atoms with Crippen LogP contribution in [0.5, 0.6) is 0 Å². The molecule has 1 aromatic carbocycles. The molecule has 0 unspecified atom stereocenters. The molecule has 0 bridgehead atoms. The summed E-state index contributed by atoms with van der Waals surface area (Å²) in [5.41, 5.74) is 1.32. The highest BCUT2D eigenvalue weighted by Gasteiger charge is 2.15. The van der Waals surface area contributed by atoms with E-state index in [1.54, 1.807) is 0 Å². The summed E-state index contributed by atoms with van der Waals surface area (Å²) >= 11 is 7.94. The van der Waals surface area contributed by atoms with Crippen molar-refractivity contribution >= 4 is 23.4 Å². The Morgan fingerprint density at radius 3 is 2.47 bits per heavy atom. The van der Waals surface area contributed by atoms with Crippen molar-refractivity contribution in [2.75, 3.05) is 0 Å². The summed E-state index contributed by atoms with van der Waals surface area (Å²) in [6, 6.07) is 6.64. The van der Waals surface area contributed by atoms with Gasteiger partial charge in [-0.2, -0.15) is 0 Å². The molecule has 0 saturated heterocycles. The van der Waals surface area contributed by atoms with Gasteiger partial charge in [-0.05, 0) is 17.7 Å². The molecule has 0 aliphatic carbocycles. The smallest absolute Gasteiger partial charge is 0.0417 e. The summed E-state index contributed by atoms with van der Waals surface area (Å²) < 4.78 is 0.206. The summed E-state index contributed by atoms with van der Waals surface area (Å²) in [5, 5.41) is 4.26. The molecule has 0 atom stereocenters. The highest BCUT2D eigenvalue weighted by Crippen LogP contribution is 2.35. The summed E-state index contributed by atoms with van der Waals surface area (Å²) in [6.45, 7) is 11.9. The molecule has 96 valence electrons. The van der Waals surface area contributed by atoms with Gasteiger partial charge in [-0.1, -0.05) is 52.3 Å². The largest absolute Gasteiger partial charge is 0.310 e. The Hall–Kier alpha value is -0.180. The van der Waals surface area contributed by atoms with E-state index >= 15 is 0 Å². The number of hydrogen-bond donors (Lipinski definition) is 1. The minimum absolute atomic E-state index is 0.206. The van der Waals surface area contributed by atoms with E-state index in [4.69, 9.17) is 11.6 Å². The van der Waals surface area contributed by atoms with E-state index < -0.39 is 0 Å². The van der Waals surface area contributed by atoms with E-state index in [1.807, 2.05) is 17.8 Å². The molecule has 0 radical (unpaired) electrons. The Morgan fingerprint density at radius 1 is 1.29 bits per heavy atom. The molecule has 3 heteroatoms. The van der Waals surface area contributed by atoms with Crippen molar-refractivity contribution in [2.45, 2.75) is 56.8 Å². The van der Waals surface area contributed by atoms with Gasteiger partial charge in [0.25, 0.3) is 0 Å². The van der Waals surface area contributed by atoms with Gasteiger partial charge in [0.15, 0.2) is 0 Å². The Labute approximate surface area is 114 Å². The zero-order valence-electron chi connectivity index (χ0n) is 11.3. The lowest BCUT2D eigenvalue weighted by molar-refractivity contribution is 0.584. The molecular formula is C14H22ClNS. The fraction of sp³-hybridized carbons (Fsp3) is 0.571. The van der Waals surface area contributed by atoms with Crippen LogP contribution < -0.4 is 5.32 Å².